The SMILES string of the molecule is CCCCCC(C)NC(=O)CSc1n[nH]c(COc2ccc(Cl)cc2)n1. The maximum Gasteiger partial charge on any atom is 0.230 e. The molecule has 0 spiro atoms. The number of rotatable bonds is 11. The lowest BCUT2D eigenvalue weighted by Crippen LogP contribution is -2.33. The summed E-state index contributed by atoms with van der Waals surface area (Å²) in [5.41, 5.74) is 0. The van der Waals surface area contributed by atoms with E-state index < -0.39 is 0 Å². The molecule has 2 rings (SSSR count). The Bertz CT molecular complexity index is 678. The normalized spacial score (nSPS) is 12.0. The number of aromatic nitrogens is 3. The van der Waals surface area contributed by atoms with E-state index >= 15 is 0 Å². The Hall–Kier alpha value is -1.73. The average Bonchev–Trinajstić information content (AvgIpc) is 3.08. The van der Waals surface area contributed by atoms with Crippen LogP contribution in [-0.2, 0) is 11.4 Å². The van der Waals surface area contributed by atoms with Crippen molar-refractivity contribution in [1.29, 1.82) is 0 Å². The Morgan fingerprint density at radius 2 is 2.12 bits per heavy atom. The van der Waals surface area contributed by atoms with Crippen molar-refractivity contribution < 1.29 is 9.53 Å². The first kappa shape index (κ1) is 20.6. The highest BCUT2D eigenvalue weighted by Gasteiger charge is 2.10. The number of H-pyrrole nitrogens is 1. The summed E-state index contributed by atoms with van der Waals surface area (Å²) in [6.45, 7) is 4.48. The monoisotopic (exact) mass is 396 g/mol. The minimum atomic E-state index is 0.00256. The molecule has 2 N–H and O–H groups in total. The molecule has 0 fully saturated rings. The number of halogens is 1. The van der Waals surface area contributed by atoms with E-state index in [4.69, 9.17) is 16.3 Å². The number of aromatic amines is 1. The molecule has 0 saturated carbocycles. The summed E-state index contributed by atoms with van der Waals surface area (Å²) in [6.07, 6.45) is 4.54. The third-order valence-electron chi connectivity index (χ3n) is 3.68. The number of carbonyl (C=O) groups excluding carboxylic acids is 1. The molecule has 1 unspecified atom stereocenters. The van der Waals surface area contributed by atoms with Gasteiger partial charge in [0.1, 0.15) is 12.4 Å². The Kier molecular flexibility index (Phi) is 8.77. The zero-order valence-corrected chi connectivity index (χ0v) is 16.7. The van der Waals surface area contributed by atoms with Crippen LogP contribution in [0.2, 0.25) is 5.02 Å². The van der Waals surface area contributed by atoms with Gasteiger partial charge in [-0.05, 0) is 37.6 Å². The Balaban J connectivity index is 1.69. The maximum absolute atomic E-state index is 12.0. The van der Waals surface area contributed by atoms with Gasteiger partial charge in [0.25, 0.3) is 0 Å². The van der Waals surface area contributed by atoms with Crippen molar-refractivity contribution in [2.75, 3.05) is 5.75 Å². The van der Waals surface area contributed by atoms with Gasteiger partial charge in [-0.3, -0.25) is 9.89 Å². The maximum atomic E-state index is 12.0. The van der Waals surface area contributed by atoms with Crippen molar-refractivity contribution in [2.45, 2.75) is 57.3 Å². The standard InChI is InChI=1S/C18H25ClN4O2S/c1-3-4-5-6-13(2)20-17(24)12-26-18-21-16(22-23-18)11-25-15-9-7-14(19)8-10-15/h7-10,13H,3-6,11-12H2,1-2H3,(H,20,24)(H,21,22,23). The Morgan fingerprint density at radius 3 is 2.85 bits per heavy atom. The fourth-order valence-corrected chi connectivity index (χ4v) is 3.06. The van der Waals surface area contributed by atoms with Gasteiger partial charge in [0.2, 0.25) is 11.1 Å². The smallest absolute Gasteiger partial charge is 0.230 e. The third kappa shape index (κ3) is 7.66. The number of carbonyl (C=O) groups is 1. The fourth-order valence-electron chi connectivity index (χ4n) is 2.31. The molecule has 26 heavy (non-hydrogen) atoms. The zero-order valence-electron chi connectivity index (χ0n) is 15.1. The second-order valence-electron chi connectivity index (χ2n) is 6.06. The van der Waals surface area contributed by atoms with Gasteiger partial charge in [-0.1, -0.05) is 49.5 Å². The number of thioether (sulfide) groups is 1. The van der Waals surface area contributed by atoms with E-state index in [0.717, 1.165) is 12.8 Å². The van der Waals surface area contributed by atoms with Gasteiger partial charge in [-0.2, -0.15) is 0 Å². The second-order valence-corrected chi connectivity index (χ2v) is 7.44. The minimum absolute atomic E-state index is 0.00256. The van der Waals surface area contributed by atoms with E-state index in [9.17, 15) is 4.79 Å². The van der Waals surface area contributed by atoms with Crippen LogP contribution in [0.1, 0.15) is 45.4 Å². The van der Waals surface area contributed by atoms with Crippen molar-refractivity contribution in [3.63, 3.8) is 0 Å². The lowest BCUT2D eigenvalue weighted by molar-refractivity contribution is -0.119. The van der Waals surface area contributed by atoms with Crippen LogP contribution in [0.3, 0.4) is 0 Å². The molecular formula is C18H25ClN4O2S. The lowest BCUT2D eigenvalue weighted by atomic mass is 10.1. The second kappa shape index (κ2) is 11.1. The highest BCUT2D eigenvalue weighted by molar-refractivity contribution is 7.99. The number of hydrogen-bond acceptors (Lipinski definition) is 5. The van der Waals surface area contributed by atoms with Crippen LogP contribution in [0.4, 0.5) is 0 Å². The predicted molar refractivity (Wildman–Crippen MR) is 105 cm³/mol. The molecule has 0 aliphatic heterocycles. The number of amides is 1. The largest absolute Gasteiger partial charge is 0.486 e. The first-order chi connectivity index (χ1) is 12.6. The van der Waals surface area contributed by atoms with Gasteiger partial charge in [0, 0.05) is 11.1 Å². The quantitative estimate of drug-likeness (QED) is 0.439. The third-order valence-corrected chi connectivity index (χ3v) is 4.78. The Morgan fingerprint density at radius 1 is 1.35 bits per heavy atom. The summed E-state index contributed by atoms with van der Waals surface area (Å²) in [5.74, 6) is 1.61. The van der Waals surface area contributed by atoms with Crippen molar-refractivity contribution in [3.8, 4) is 5.75 Å². The van der Waals surface area contributed by atoms with Gasteiger partial charge < -0.3 is 10.1 Å². The van der Waals surface area contributed by atoms with Crippen molar-refractivity contribution in [3.05, 3.63) is 35.1 Å². The van der Waals surface area contributed by atoms with Crippen molar-refractivity contribution in [1.82, 2.24) is 20.5 Å². The summed E-state index contributed by atoms with van der Waals surface area (Å²) in [4.78, 5) is 16.3. The molecule has 0 bridgehead atoms. The van der Waals surface area contributed by atoms with Crippen LogP contribution in [0.15, 0.2) is 29.4 Å². The molecule has 0 saturated heterocycles. The predicted octanol–water partition coefficient (Wildman–Crippen LogP) is 4.21. The molecule has 1 aromatic carbocycles. The first-order valence-electron chi connectivity index (χ1n) is 8.78. The summed E-state index contributed by atoms with van der Waals surface area (Å²) in [6, 6.07) is 7.31. The average molecular weight is 397 g/mol. The molecule has 0 aliphatic rings. The molecule has 1 amide bonds. The molecule has 6 nitrogen and oxygen atoms in total. The van der Waals surface area contributed by atoms with Crippen LogP contribution < -0.4 is 10.1 Å². The molecule has 0 aliphatic carbocycles. The molecule has 2 aromatic rings. The number of unbranched alkanes of at least 4 members (excludes halogenated alkanes) is 2. The van der Waals surface area contributed by atoms with Gasteiger partial charge in [0.15, 0.2) is 5.82 Å². The first-order valence-corrected chi connectivity index (χ1v) is 10.1. The summed E-state index contributed by atoms with van der Waals surface area (Å²) >= 11 is 7.14. The minimum Gasteiger partial charge on any atom is -0.486 e. The molecule has 8 heteroatoms. The van der Waals surface area contributed by atoms with E-state index in [2.05, 4.69) is 27.4 Å². The van der Waals surface area contributed by atoms with Gasteiger partial charge in [-0.25, -0.2) is 4.98 Å². The van der Waals surface area contributed by atoms with Crippen molar-refractivity contribution in [2.24, 2.45) is 0 Å². The number of nitrogens with one attached hydrogen (secondary N) is 2. The summed E-state index contributed by atoms with van der Waals surface area (Å²) in [5, 5.41) is 11.1. The van der Waals surface area contributed by atoms with Crippen LogP contribution >= 0.6 is 23.4 Å². The van der Waals surface area contributed by atoms with E-state index in [1.54, 1.807) is 24.3 Å². The van der Waals surface area contributed by atoms with E-state index in [-0.39, 0.29) is 18.6 Å². The molecule has 142 valence electrons. The lowest BCUT2D eigenvalue weighted by Gasteiger charge is -2.12. The van der Waals surface area contributed by atoms with Crippen molar-refractivity contribution >= 4 is 29.3 Å². The van der Waals surface area contributed by atoms with E-state index in [0.29, 0.717) is 27.5 Å². The molecular weight excluding hydrogens is 372 g/mol. The number of nitrogens with zero attached hydrogens (tertiary/aromatic N) is 2. The van der Waals surface area contributed by atoms with Gasteiger partial charge in [0.05, 0.1) is 5.75 Å². The number of benzene rings is 1. The van der Waals surface area contributed by atoms with Crippen LogP contribution in [0.25, 0.3) is 0 Å². The molecule has 1 aromatic heterocycles. The zero-order chi connectivity index (χ0) is 18.8. The highest BCUT2D eigenvalue weighted by atomic mass is 35.5. The fraction of sp³-hybridized carbons (Fsp3) is 0.500. The Labute approximate surface area is 163 Å². The van der Waals surface area contributed by atoms with Crippen LogP contribution in [0.5, 0.6) is 5.75 Å². The molecule has 1 heterocycles. The van der Waals surface area contributed by atoms with E-state index in [1.807, 2.05) is 6.92 Å². The van der Waals surface area contributed by atoms with E-state index in [1.165, 1.54) is 24.6 Å². The topological polar surface area (TPSA) is 79.9 Å². The van der Waals surface area contributed by atoms with Gasteiger partial charge >= 0.3 is 0 Å². The number of ether oxygens (including phenoxy) is 1. The van der Waals surface area contributed by atoms with Gasteiger partial charge in [-0.15, -0.1) is 5.10 Å². The van der Waals surface area contributed by atoms with Crippen LogP contribution in [0, 0.1) is 0 Å². The van der Waals surface area contributed by atoms with Crippen LogP contribution in [-0.4, -0.2) is 32.9 Å². The molecule has 0 radical (unpaired) electrons. The molecule has 1 atom stereocenters. The summed E-state index contributed by atoms with van der Waals surface area (Å²) < 4.78 is 5.60. The number of hydrogen-bond donors (Lipinski definition) is 2. The summed E-state index contributed by atoms with van der Waals surface area (Å²) in [7, 11) is 0. The highest BCUT2D eigenvalue weighted by Crippen LogP contribution is 2.17.